The maximum absolute atomic E-state index is 4.66. The Morgan fingerprint density at radius 1 is 1.42 bits per heavy atom. The van der Waals surface area contributed by atoms with Crippen LogP contribution in [-0.4, -0.2) is 54.1 Å². The van der Waals surface area contributed by atoms with Crippen molar-refractivity contribution >= 4 is 5.95 Å². The van der Waals surface area contributed by atoms with Gasteiger partial charge in [0.2, 0.25) is 5.95 Å². The molecule has 0 aromatic carbocycles. The van der Waals surface area contributed by atoms with Crippen LogP contribution in [0.5, 0.6) is 0 Å². The van der Waals surface area contributed by atoms with Crippen LogP contribution in [0.3, 0.4) is 0 Å². The number of piperazine rings is 1. The third kappa shape index (κ3) is 3.22. The van der Waals surface area contributed by atoms with Gasteiger partial charge in [0.05, 0.1) is 0 Å². The zero-order valence-electron chi connectivity index (χ0n) is 12.5. The Morgan fingerprint density at radius 3 is 2.79 bits per heavy atom. The molecule has 19 heavy (non-hydrogen) atoms. The van der Waals surface area contributed by atoms with Crippen molar-refractivity contribution in [3.8, 4) is 0 Å². The van der Waals surface area contributed by atoms with E-state index in [4.69, 9.17) is 0 Å². The molecule has 2 rings (SSSR count). The quantitative estimate of drug-likeness (QED) is 0.879. The van der Waals surface area contributed by atoms with Gasteiger partial charge < -0.3 is 10.2 Å². The average Bonchev–Trinajstić information content (AvgIpc) is 2.41. The minimum Gasteiger partial charge on any atom is -0.338 e. The fourth-order valence-electron chi connectivity index (χ4n) is 2.64. The lowest BCUT2D eigenvalue weighted by Crippen LogP contribution is -2.52. The number of anilines is 1. The second-order valence-corrected chi connectivity index (χ2v) is 5.23. The molecule has 106 valence electrons. The summed E-state index contributed by atoms with van der Waals surface area (Å²) in [6.45, 7) is 11.6. The SMILES string of the molecule is CCN1CCN(c2ncc(CNC)c(C)n2)CC1C. The monoisotopic (exact) mass is 263 g/mol. The molecule has 0 aliphatic carbocycles. The molecule has 1 fully saturated rings. The summed E-state index contributed by atoms with van der Waals surface area (Å²) in [4.78, 5) is 14.0. The predicted molar refractivity (Wildman–Crippen MR) is 78.5 cm³/mol. The first kappa shape index (κ1) is 14.2. The van der Waals surface area contributed by atoms with Crippen LogP contribution in [0.4, 0.5) is 5.95 Å². The van der Waals surface area contributed by atoms with Crippen LogP contribution in [0, 0.1) is 6.92 Å². The van der Waals surface area contributed by atoms with Crippen LogP contribution in [0.1, 0.15) is 25.1 Å². The van der Waals surface area contributed by atoms with E-state index in [0.29, 0.717) is 6.04 Å². The first-order chi connectivity index (χ1) is 9.15. The topological polar surface area (TPSA) is 44.3 Å². The molecule has 2 heterocycles. The van der Waals surface area contributed by atoms with Crippen molar-refractivity contribution in [2.45, 2.75) is 33.4 Å². The molecular formula is C14H25N5. The van der Waals surface area contributed by atoms with Gasteiger partial charge >= 0.3 is 0 Å². The maximum atomic E-state index is 4.66. The van der Waals surface area contributed by atoms with Crippen LogP contribution in [0.15, 0.2) is 6.20 Å². The van der Waals surface area contributed by atoms with Gasteiger partial charge in [0, 0.05) is 49.7 Å². The highest BCUT2D eigenvalue weighted by Crippen LogP contribution is 2.16. The highest BCUT2D eigenvalue weighted by molar-refractivity contribution is 5.34. The van der Waals surface area contributed by atoms with Crippen LogP contribution in [0.25, 0.3) is 0 Å². The summed E-state index contributed by atoms with van der Waals surface area (Å²) < 4.78 is 0. The second kappa shape index (κ2) is 6.30. The van der Waals surface area contributed by atoms with Crippen LogP contribution < -0.4 is 10.2 Å². The van der Waals surface area contributed by atoms with Gasteiger partial charge in [-0.1, -0.05) is 6.92 Å². The molecule has 1 N–H and O–H groups in total. The summed E-state index contributed by atoms with van der Waals surface area (Å²) in [7, 11) is 1.94. The molecule has 1 unspecified atom stereocenters. The molecule has 1 atom stereocenters. The Labute approximate surface area is 116 Å². The van der Waals surface area contributed by atoms with E-state index in [1.54, 1.807) is 0 Å². The van der Waals surface area contributed by atoms with E-state index in [0.717, 1.165) is 44.4 Å². The molecule has 5 heteroatoms. The summed E-state index contributed by atoms with van der Waals surface area (Å²) in [5, 5.41) is 3.14. The third-order valence-electron chi connectivity index (χ3n) is 3.89. The summed E-state index contributed by atoms with van der Waals surface area (Å²) in [6.07, 6.45) is 1.95. The van der Waals surface area contributed by atoms with Gasteiger partial charge in [0.15, 0.2) is 0 Å². The van der Waals surface area contributed by atoms with Gasteiger partial charge in [-0.25, -0.2) is 9.97 Å². The fourth-order valence-corrected chi connectivity index (χ4v) is 2.64. The zero-order valence-corrected chi connectivity index (χ0v) is 12.5. The minimum absolute atomic E-state index is 0.569. The van der Waals surface area contributed by atoms with E-state index in [1.165, 1.54) is 5.56 Å². The molecule has 1 aliphatic rings. The van der Waals surface area contributed by atoms with Crippen LogP contribution in [0.2, 0.25) is 0 Å². The Morgan fingerprint density at radius 2 is 2.21 bits per heavy atom. The van der Waals surface area contributed by atoms with Gasteiger partial charge in [-0.05, 0) is 27.4 Å². The van der Waals surface area contributed by atoms with Gasteiger partial charge in [0.25, 0.3) is 0 Å². The standard InChI is InChI=1S/C14H25N5/c1-5-18-6-7-19(10-11(18)2)14-16-9-13(8-15-4)12(3)17-14/h9,11,15H,5-8,10H2,1-4H3. The van der Waals surface area contributed by atoms with Crippen LogP contribution in [-0.2, 0) is 6.54 Å². The fraction of sp³-hybridized carbons (Fsp3) is 0.714. The number of hydrogen-bond acceptors (Lipinski definition) is 5. The second-order valence-electron chi connectivity index (χ2n) is 5.23. The molecule has 1 aromatic heterocycles. The summed E-state index contributed by atoms with van der Waals surface area (Å²) >= 11 is 0. The number of nitrogens with zero attached hydrogens (tertiary/aromatic N) is 4. The van der Waals surface area contributed by atoms with Gasteiger partial charge in [-0.2, -0.15) is 0 Å². The van der Waals surface area contributed by atoms with E-state index in [-0.39, 0.29) is 0 Å². The van der Waals surface area contributed by atoms with E-state index in [1.807, 2.05) is 13.2 Å². The molecule has 0 radical (unpaired) electrons. The van der Waals surface area contributed by atoms with Crippen molar-refractivity contribution in [2.24, 2.45) is 0 Å². The van der Waals surface area contributed by atoms with Crippen LogP contribution >= 0.6 is 0 Å². The van der Waals surface area contributed by atoms with E-state index in [9.17, 15) is 0 Å². The lowest BCUT2D eigenvalue weighted by Gasteiger charge is -2.39. The lowest BCUT2D eigenvalue weighted by atomic mass is 10.2. The number of likely N-dealkylation sites (N-methyl/N-ethyl adjacent to an activating group) is 1. The van der Waals surface area contributed by atoms with Crippen molar-refractivity contribution in [3.63, 3.8) is 0 Å². The van der Waals surface area contributed by atoms with Gasteiger partial charge in [-0.15, -0.1) is 0 Å². The first-order valence-corrected chi connectivity index (χ1v) is 7.11. The Bertz CT molecular complexity index is 420. The summed E-state index contributed by atoms with van der Waals surface area (Å²) in [5.41, 5.74) is 2.25. The molecule has 1 saturated heterocycles. The van der Waals surface area contributed by atoms with E-state index in [2.05, 4.69) is 45.9 Å². The van der Waals surface area contributed by atoms with Crippen molar-refractivity contribution in [2.75, 3.05) is 38.1 Å². The van der Waals surface area contributed by atoms with Gasteiger partial charge in [0.1, 0.15) is 0 Å². The van der Waals surface area contributed by atoms with Crippen molar-refractivity contribution in [1.82, 2.24) is 20.2 Å². The Kier molecular flexibility index (Phi) is 4.71. The molecule has 5 nitrogen and oxygen atoms in total. The number of hydrogen-bond donors (Lipinski definition) is 1. The normalized spacial score (nSPS) is 20.8. The first-order valence-electron chi connectivity index (χ1n) is 7.11. The molecule has 1 aliphatic heterocycles. The predicted octanol–water partition coefficient (Wildman–Crippen LogP) is 1.03. The molecule has 0 bridgehead atoms. The molecule has 0 amide bonds. The smallest absolute Gasteiger partial charge is 0.225 e. The molecular weight excluding hydrogens is 238 g/mol. The highest BCUT2D eigenvalue weighted by Gasteiger charge is 2.24. The lowest BCUT2D eigenvalue weighted by molar-refractivity contribution is 0.198. The maximum Gasteiger partial charge on any atom is 0.225 e. The summed E-state index contributed by atoms with van der Waals surface area (Å²) in [6, 6.07) is 0.569. The van der Waals surface area contributed by atoms with Crippen molar-refractivity contribution < 1.29 is 0 Å². The third-order valence-corrected chi connectivity index (χ3v) is 3.89. The van der Waals surface area contributed by atoms with Gasteiger partial charge in [-0.3, -0.25) is 4.90 Å². The Hall–Kier alpha value is -1.20. The largest absolute Gasteiger partial charge is 0.338 e. The zero-order chi connectivity index (χ0) is 13.8. The number of aryl methyl sites for hydroxylation is 1. The van der Waals surface area contributed by atoms with Crippen molar-refractivity contribution in [3.05, 3.63) is 17.5 Å². The molecule has 0 saturated carbocycles. The minimum atomic E-state index is 0.569. The number of nitrogens with one attached hydrogen (secondary N) is 1. The number of rotatable bonds is 4. The molecule has 0 spiro atoms. The molecule has 1 aromatic rings. The van der Waals surface area contributed by atoms with Crippen molar-refractivity contribution in [1.29, 1.82) is 0 Å². The number of aromatic nitrogens is 2. The van der Waals surface area contributed by atoms with E-state index >= 15 is 0 Å². The highest BCUT2D eigenvalue weighted by atomic mass is 15.3. The van der Waals surface area contributed by atoms with E-state index < -0.39 is 0 Å². The summed E-state index contributed by atoms with van der Waals surface area (Å²) in [5.74, 6) is 0.875. The average molecular weight is 263 g/mol. The Balaban J connectivity index is 2.08.